The molecule has 0 unspecified atom stereocenters. The Kier molecular flexibility index (Phi) is 5.61. The zero-order valence-corrected chi connectivity index (χ0v) is 15.2. The second kappa shape index (κ2) is 7.53. The molecule has 3 rings (SSSR count). The predicted molar refractivity (Wildman–Crippen MR) is 90.0 cm³/mol. The average molecular weight is 376 g/mol. The summed E-state index contributed by atoms with van der Waals surface area (Å²) >= 11 is 5.92. The number of piperazine rings is 1. The van der Waals surface area contributed by atoms with Crippen LogP contribution < -0.4 is 4.74 Å². The van der Waals surface area contributed by atoms with E-state index in [4.69, 9.17) is 21.1 Å². The zero-order chi connectivity index (χ0) is 17.2. The number of pyridine rings is 1. The lowest BCUT2D eigenvalue weighted by atomic mass is 10.1. The zero-order valence-electron chi connectivity index (χ0n) is 13.6. The van der Waals surface area contributed by atoms with Gasteiger partial charge in [0.15, 0.2) is 0 Å². The van der Waals surface area contributed by atoms with Crippen LogP contribution in [0.1, 0.15) is 12.8 Å². The number of nitrogens with zero attached hydrogens (tertiary/aromatic N) is 3. The Hall–Kier alpha value is -0.930. The van der Waals surface area contributed by atoms with Gasteiger partial charge in [-0.1, -0.05) is 11.6 Å². The maximum Gasteiger partial charge on any atom is 0.248 e. The molecule has 1 aromatic heterocycles. The lowest BCUT2D eigenvalue weighted by molar-refractivity contribution is 0.0229. The van der Waals surface area contributed by atoms with Gasteiger partial charge in [-0.15, -0.1) is 0 Å². The molecule has 2 fully saturated rings. The summed E-state index contributed by atoms with van der Waals surface area (Å²) in [6.07, 6.45) is 3.40. The molecule has 1 aromatic rings. The van der Waals surface area contributed by atoms with Gasteiger partial charge < -0.3 is 9.47 Å². The van der Waals surface area contributed by atoms with Crippen molar-refractivity contribution in [3.8, 4) is 5.88 Å². The molecular weight excluding hydrogens is 354 g/mol. The molecule has 2 saturated heterocycles. The molecule has 2 aliphatic rings. The fourth-order valence-corrected chi connectivity index (χ4v) is 5.02. The van der Waals surface area contributed by atoms with Crippen molar-refractivity contribution >= 4 is 21.6 Å². The number of hydrogen-bond donors (Lipinski definition) is 0. The van der Waals surface area contributed by atoms with Gasteiger partial charge in [0.25, 0.3) is 0 Å². The molecule has 0 spiro atoms. The van der Waals surface area contributed by atoms with Crippen molar-refractivity contribution in [1.29, 1.82) is 0 Å². The Bertz CT molecular complexity index is 671. The summed E-state index contributed by atoms with van der Waals surface area (Å²) in [7, 11) is -2.27. The molecule has 0 radical (unpaired) electrons. The molecule has 0 saturated carbocycles. The Balaban J connectivity index is 1.72. The van der Waals surface area contributed by atoms with Gasteiger partial charge in [0.1, 0.15) is 4.90 Å². The molecule has 0 amide bonds. The van der Waals surface area contributed by atoms with Gasteiger partial charge in [-0.05, 0) is 18.9 Å². The first-order chi connectivity index (χ1) is 11.5. The van der Waals surface area contributed by atoms with Crippen LogP contribution in [0.5, 0.6) is 5.88 Å². The summed E-state index contributed by atoms with van der Waals surface area (Å²) in [4.78, 5) is 6.35. The van der Waals surface area contributed by atoms with Crippen LogP contribution in [-0.2, 0) is 14.8 Å². The van der Waals surface area contributed by atoms with E-state index < -0.39 is 10.0 Å². The molecule has 9 heteroatoms. The Labute approximate surface area is 147 Å². The molecule has 0 aromatic carbocycles. The minimum absolute atomic E-state index is 0.0250. The van der Waals surface area contributed by atoms with Crippen molar-refractivity contribution in [1.82, 2.24) is 14.2 Å². The van der Waals surface area contributed by atoms with Gasteiger partial charge in [0.2, 0.25) is 15.9 Å². The highest BCUT2D eigenvalue weighted by atomic mass is 35.5. The van der Waals surface area contributed by atoms with E-state index in [-0.39, 0.29) is 15.8 Å². The van der Waals surface area contributed by atoms with Gasteiger partial charge in [-0.2, -0.15) is 4.31 Å². The van der Waals surface area contributed by atoms with Crippen molar-refractivity contribution in [2.75, 3.05) is 46.5 Å². The van der Waals surface area contributed by atoms with E-state index in [1.54, 1.807) is 0 Å². The first-order valence-corrected chi connectivity index (χ1v) is 9.85. The molecule has 134 valence electrons. The van der Waals surface area contributed by atoms with Crippen LogP contribution >= 0.6 is 11.6 Å². The summed E-state index contributed by atoms with van der Waals surface area (Å²) in [5.41, 5.74) is 0. The number of rotatable bonds is 4. The standard InChI is InChI=1S/C15H22ClN3O4S/c1-22-15-14(10-12(16)11-17-15)24(20,21)19-6-4-18(5-7-19)13-2-8-23-9-3-13/h10-11,13H,2-9H2,1H3. The van der Waals surface area contributed by atoms with Gasteiger partial charge in [0, 0.05) is 51.6 Å². The summed E-state index contributed by atoms with van der Waals surface area (Å²) < 4.78 is 37.8. The number of ether oxygens (including phenoxy) is 2. The second-order valence-electron chi connectivity index (χ2n) is 5.94. The second-order valence-corrected chi connectivity index (χ2v) is 8.29. The summed E-state index contributed by atoms with van der Waals surface area (Å²) in [5.74, 6) is 0.0752. The van der Waals surface area contributed by atoms with Crippen LogP contribution in [0.25, 0.3) is 0 Å². The summed E-state index contributed by atoms with van der Waals surface area (Å²) in [6, 6.07) is 1.89. The highest BCUT2D eigenvalue weighted by Crippen LogP contribution is 2.28. The van der Waals surface area contributed by atoms with Crippen LogP contribution in [0.4, 0.5) is 0 Å². The monoisotopic (exact) mass is 375 g/mol. The van der Waals surface area contributed by atoms with E-state index >= 15 is 0 Å². The van der Waals surface area contributed by atoms with E-state index in [0.29, 0.717) is 19.1 Å². The third kappa shape index (κ3) is 3.67. The topological polar surface area (TPSA) is 72.0 Å². The van der Waals surface area contributed by atoms with Crippen LogP contribution in [0.2, 0.25) is 5.02 Å². The van der Waals surface area contributed by atoms with Crippen LogP contribution in [0.3, 0.4) is 0 Å². The average Bonchev–Trinajstić information content (AvgIpc) is 2.62. The van der Waals surface area contributed by atoms with Crippen LogP contribution in [0, 0.1) is 0 Å². The smallest absolute Gasteiger partial charge is 0.248 e. The van der Waals surface area contributed by atoms with Crippen molar-refractivity contribution in [2.45, 2.75) is 23.8 Å². The maximum atomic E-state index is 12.9. The molecule has 2 aliphatic heterocycles. The normalized spacial score (nSPS) is 21.8. The minimum atomic E-state index is -3.67. The van der Waals surface area contributed by atoms with Crippen molar-refractivity contribution in [3.05, 3.63) is 17.3 Å². The lowest BCUT2D eigenvalue weighted by Gasteiger charge is -2.40. The first kappa shape index (κ1) is 17.9. The third-order valence-electron chi connectivity index (χ3n) is 4.58. The third-order valence-corrected chi connectivity index (χ3v) is 6.68. The maximum absolute atomic E-state index is 12.9. The predicted octanol–water partition coefficient (Wildman–Crippen LogP) is 1.23. The Morgan fingerprint density at radius 1 is 1.25 bits per heavy atom. The summed E-state index contributed by atoms with van der Waals surface area (Å²) in [6.45, 7) is 3.92. The minimum Gasteiger partial charge on any atom is -0.480 e. The van der Waals surface area contributed by atoms with E-state index in [1.807, 2.05) is 0 Å². The SMILES string of the molecule is COc1ncc(Cl)cc1S(=O)(=O)N1CCN(C2CCOCC2)CC1. The highest BCUT2D eigenvalue weighted by molar-refractivity contribution is 7.89. The number of aromatic nitrogens is 1. The number of halogens is 1. The fraction of sp³-hybridized carbons (Fsp3) is 0.667. The largest absolute Gasteiger partial charge is 0.480 e. The molecule has 0 N–H and O–H groups in total. The fourth-order valence-electron chi connectivity index (χ4n) is 3.24. The van der Waals surface area contributed by atoms with Crippen molar-refractivity contribution < 1.29 is 17.9 Å². The molecule has 0 bridgehead atoms. The van der Waals surface area contributed by atoms with Gasteiger partial charge in [-0.3, -0.25) is 4.90 Å². The lowest BCUT2D eigenvalue weighted by Crippen LogP contribution is -2.52. The van der Waals surface area contributed by atoms with E-state index in [0.717, 1.165) is 39.1 Å². The number of sulfonamides is 1. The molecule has 3 heterocycles. The van der Waals surface area contributed by atoms with Crippen molar-refractivity contribution in [3.63, 3.8) is 0 Å². The number of hydrogen-bond acceptors (Lipinski definition) is 6. The number of methoxy groups -OCH3 is 1. The Morgan fingerprint density at radius 2 is 1.92 bits per heavy atom. The first-order valence-electron chi connectivity index (χ1n) is 8.04. The van der Waals surface area contributed by atoms with Crippen molar-refractivity contribution in [2.24, 2.45) is 0 Å². The van der Waals surface area contributed by atoms with Crippen LogP contribution in [-0.4, -0.2) is 75.2 Å². The molecule has 7 nitrogen and oxygen atoms in total. The molecule has 24 heavy (non-hydrogen) atoms. The Morgan fingerprint density at radius 3 is 2.54 bits per heavy atom. The summed E-state index contributed by atoms with van der Waals surface area (Å²) in [5, 5.41) is 0.273. The van der Waals surface area contributed by atoms with E-state index in [2.05, 4.69) is 9.88 Å². The van der Waals surface area contributed by atoms with E-state index in [9.17, 15) is 8.42 Å². The molecule has 0 atom stereocenters. The van der Waals surface area contributed by atoms with E-state index in [1.165, 1.54) is 23.7 Å². The van der Waals surface area contributed by atoms with Gasteiger partial charge >= 0.3 is 0 Å². The quantitative estimate of drug-likeness (QED) is 0.788. The highest BCUT2D eigenvalue weighted by Gasteiger charge is 2.33. The van der Waals surface area contributed by atoms with Gasteiger partial charge in [-0.25, -0.2) is 13.4 Å². The van der Waals surface area contributed by atoms with Gasteiger partial charge in [0.05, 0.1) is 12.1 Å². The molecular formula is C15H22ClN3O4S. The van der Waals surface area contributed by atoms with Crippen LogP contribution in [0.15, 0.2) is 17.2 Å². The molecule has 0 aliphatic carbocycles.